The van der Waals surface area contributed by atoms with Crippen LogP contribution >= 0.6 is 0 Å². The molecule has 6 nitrogen and oxygen atoms in total. The van der Waals surface area contributed by atoms with Crippen LogP contribution < -0.4 is 5.32 Å². The van der Waals surface area contributed by atoms with E-state index in [0.717, 1.165) is 12.0 Å². The molecule has 1 aliphatic carbocycles. The number of hydrogen-bond donors (Lipinski definition) is 2. The number of tetrazole rings is 1. The highest BCUT2D eigenvalue weighted by Gasteiger charge is 2.48. The first kappa shape index (κ1) is 22.9. The summed E-state index contributed by atoms with van der Waals surface area (Å²) in [5.41, 5.74) is 8.78. The number of aromatic amines is 1. The zero-order chi connectivity index (χ0) is 24.0. The minimum atomic E-state index is -0.269. The number of anilines is 1. The maximum atomic E-state index is 12.4. The molecule has 33 heavy (non-hydrogen) atoms. The number of carbonyl (C=O) groups is 1. The number of benzene rings is 2. The molecule has 172 valence electrons. The Labute approximate surface area is 195 Å². The highest BCUT2D eigenvalue weighted by Crippen LogP contribution is 2.54. The third kappa shape index (κ3) is 3.99. The number of allylic oxidation sites excluding steroid dienone is 1. The highest BCUT2D eigenvalue weighted by atomic mass is 16.1. The van der Waals surface area contributed by atoms with Gasteiger partial charge in [0.2, 0.25) is 0 Å². The third-order valence-corrected chi connectivity index (χ3v) is 7.73. The summed E-state index contributed by atoms with van der Waals surface area (Å²) in [6.45, 7) is 16.3. The van der Waals surface area contributed by atoms with Gasteiger partial charge in [-0.1, -0.05) is 77.0 Å². The first-order chi connectivity index (χ1) is 15.6. The molecule has 0 fully saturated rings. The molecular formula is C27H33N5O. The molecule has 6 heteroatoms. The smallest absolute Gasteiger partial charge is 0.270 e. The highest BCUT2D eigenvalue weighted by molar-refractivity contribution is 6.03. The first-order valence-corrected chi connectivity index (χ1v) is 11.6. The largest absolute Gasteiger partial charge is 0.288 e. The molecule has 1 heterocycles. The second-order valence-corrected chi connectivity index (χ2v) is 10.2. The fourth-order valence-corrected chi connectivity index (χ4v) is 5.19. The van der Waals surface area contributed by atoms with Crippen LogP contribution in [0.4, 0.5) is 5.95 Å². The number of nitrogens with one attached hydrogen (secondary N) is 2. The van der Waals surface area contributed by atoms with Crippen molar-refractivity contribution in [1.82, 2.24) is 20.6 Å². The summed E-state index contributed by atoms with van der Waals surface area (Å²) in [5.74, 6) is 0.453. The summed E-state index contributed by atoms with van der Waals surface area (Å²) in [4.78, 5) is 12.4. The van der Waals surface area contributed by atoms with Crippen LogP contribution in [0.15, 0.2) is 36.4 Å². The minimum Gasteiger partial charge on any atom is -0.288 e. The average molecular weight is 444 g/mol. The van der Waals surface area contributed by atoms with E-state index in [1.165, 1.54) is 27.8 Å². The summed E-state index contributed by atoms with van der Waals surface area (Å²) in [7, 11) is 0. The molecule has 0 radical (unpaired) electrons. The fourth-order valence-electron chi connectivity index (χ4n) is 5.19. The lowest BCUT2D eigenvalue weighted by Crippen LogP contribution is -2.30. The molecule has 2 aromatic carbocycles. The van der Waals surface area contributed by atoms with Crippen molar-refractivity contribution < 1.29 is 4.79 Å². The quantitative estimate of drug-likeness (QED) is 0.490. The molecule has 0 bridgehead atoms. The molecule has 1 aliphatic rings. The van der Waals surface area contributed by atoms with Crippen LogP contribution in [0.5, 0.6) is 0 Å². The second kappa shape index (κ2) is 8.25. The van der Waals surface area contributed by atoms with Crippen LogP contribution in [0, 0.1) is 5.92 Å². The molecule has 1 amide bonds. The van der Waals surface area contributed by atoms with Crippen molar-refractivity contribution in [2.45, 2.75) is 65.7 Å². The van der Waals surface area contributed by atoms with E-state index in [1.807, 2.05) is 24.3 Å². The number of rotatable bonds is 5. The Balaban J connectivity index is 1.64. The van der Waals surface area contributed by atoms with Crippen molar-refractivity contribution >= 4 is 23.5 Å². The van der Waals surface area contributed by atoms with Gasteiger partial charge in [-0.2, -0.15) is 5.21 Å². The van der Waals surface area contributed by atoms with Gasteiger partial charge in [0.05, 0.1) is 0 Å². The van der Waals surface area contributed by atoms with E-state index in [4.69, 9.17) is 0 Å². The van der Waals surface area contributed by atoms with Crippen LogP contribution in [0.3, 0.4) is 0 Å². The zero-order valence-corrected chi connectivity index (χ0v) is 20.6. The van der Waals surface area contributed by atoms with Gasteiger partial charge in [-0.3, -0.25) is 10.1 Å². The van der Waals surface area contributed by atoms with Gasteiger partial charge in [0, 0.05) is 5.56 Å². The summed E-state index contributed by atoms with van der Waals surface area (Å²) in [6.07, 6.45) is 3.19. The summed E-state index contributed by atoms with van der Waals surface area (Å²) in [5, 5.41) is 15.9. The second-order valence-electron chi connectivity index (χ2n) is 10.2. The molecule has 1 unspecified atom stereocenters. The topological polar surface area (TPSA) is 83.6 Å². The molecular weight excluding hydrogens is 410 g/mol. The van der Waals surface area contributed by atoms with Crippen molar-refractivity contribution in [3.05, 3.63) is 69.8 Å². The molecule has 1 aromatic heterocycles. The average Bonchev–Trinajstić information content (AvgIpc) is 3.34. The molecule has 1 atom stereocenters. The van der Waals surface area contributed by atoms with Crippen LogP contribution in [-0.2, 0) is 17.3 Å². The minimum absolute atomic E-state index is 0.133. The number of aromatic nitrogens is 4. The number of carbonyl (C=O) groups excluding carboxylic acids is 1. The van der Waals surface area contributed by atoms with Gasteiger partial charge in [0.1, 0.15) is 0 Å². The maximum Gasteiger partial charge on any atom is 0.270 e. The molecule has 0 spiro atoms. The van der Waals surface area contributed by atoms with Gasteiger partial charge in [-0.15, -0.1) is 5.10 Å². The van der Waals surface area contributed by atoms with E-state index < -0.39 is 0 Å². The third-order valence-electron chi connectivity index (χ3n) is 7.73. The Kier molecular flexibility index (Phi) is 5.72. The summed E-state index contributed by atoms with van der Waals surface area (Å²) < 4.78 is 0. The Morgan fingerprint density at radius 2 is 1.73 bits per heavy atom. The number of H-pyrrole nitrogens is 1. The number of aryl methyl sites for hydroxylation is 1. The van der Waals surface area contributed by atoms with E-state index in [1.54, 1.807) is 0 Å². The standard InChI is InChI=1S/C27H33N5O/c1-8-19-14-22-23(27(6,7)17(3)26(22,4)5)15-21(19)16(2)13-18-9-11-20(12-10-18)24(33)28-25-29-31-32-30-25/h9-15,17H,8H2,1-7H3,(H2,28,29,30,31,32,33). The van der Waals surface area contributed by atoms with Crippen molar-refractivity contribution in [2.75, 3.05) is 5.32 Å². The maximum absolute atomic E-state index is 12.4. The van der Waals surface area contributed by atoms with Crippen LogP contribution in [0.2, 0.25) is 0 Å². The lowest BCUT2D eigenvalue weighted by molar-refractivity contribution is 0.102. The van der Waals surface area contributed by atoms with Crippen molar-refractivity contribution in [3.8, 4) is 0 Å². The van der Waals surface area contributed by atoms with E-state index in [2.05, 4.69) is 92.6 Å². The normalized spacial score (nSPS) is 18.8. The van der Waals surface area contributed by atoms with Crippen LogP contribution in [0.1, 0.15) is 86.6 Å². The van der Waals surface area contributed by atoms with Gasteiger partial charge in [0.15, 0.2) is 0 Å². The van der Waals surface area contributed by atoms with Gasteiger partial charge in [-0.25, -0.2) is 0 Å². The Morgan fingerprint density at radius 1 is 1.09 bits per heavy atom. The zero-order valence-electron chi connectivity index (χ0n) is 20.6. The van der Waals surface area contributed by atoms with Gasteiger partial charge in [-0.05, 0) is 80.8 Å². The number of hydrogen-bond acceptors (Lipinski definition) is 4. The molecule has 0 saturated carbocycles. The Hall–Kier alpha value is -3.28. The summed E-state index contributed by atoms with van der Waals surface area (Å²) >= 11 is 0. The van der Waals surface area contributed by atoms with E-state index >= 15 is 0 Å². The molecule has 0 saturated heterocycles. The predicted molar refractivity (Wildman–Crippen MR) is 133 cm³/mol. The molecule has 4 rings (SSSR count). The molecule has 2 N–H and O–H groups in total. The van der Waals surface area contributed by atoms with Crippen molar-refractivity contribution in [2.24, 2.45) is 5.92 Å². The van der Waals surface area contributed by atoms with Gasteiger partial charge in [0.25, 0.3) is 11.9 Å². The van der Waals surface area contributed by atoms with E-state index in [0.29, 0.717) is 11.5 Å². The van der Waals surface area contributed by atoms with E-state index in [-0.39, 0.29) is 22.7 Å². The lowest BCUT2D eigenvalue weighted by Gasteiger charge is -2.32. The van der Waals surface area contributed by atoms with E-state index in [9.17, 15) is 4.79 Å². The monoisotopic (exact) mass is 443 g/mol. The van der Waals surface area contributed by atoms with Crippen molar-refractivity contribution in [1.29, 1.82) is 0 Å². The fraction of sp³-hybridized carbons (Fsp3) is 0.407. The SMILES string of the molecule is CCc1cc2c(cc1C(C)=Cc1ccc(C(=O)Nc3nn[nH]n3)cc1)C(C)(C)C(C)C2(C)C. The molecule has 3 aromatic rings. The summed E-state index contributed by atoms with van der Waals surface area (Å²) in [6, 6.07) is 12.4. The number of nitrogens with zero attached hydrogens (tertiary/aromatic N) is 3. The number of amides is 1. The van der Waals surface area contributed by atoms with Crippen LogP contribution in [0.25, 0.3) is 11.6 Å². The Bertz CT molecular complexity index is 1200. The van der Waals surface area contributed by atoms with Gasteiger partial charge >= 0.3 is 0 Å². The predicted octanol–water partition coefficient (Wildman–Crippen LogP) is 5.78. The first-order valence-electron chi connectivity index (χ1n) is 11.6. The van der Waals surface area contributed by atoms with Gasteiger partial charge < -0.3 is 0 Å². The number of fused-ring (bicyclic) bond motifs is 1. The van der Waals surface area contributed by atoms with Crippen LogP contribution in [-0.4, -0.2) is 26.5 Å². The Morgan fingerprint density at radius 3 is 2.30 bits per heavy atom. The molecule has 0 aliphatic heterocycles. The van der Waals surface area contributed by atoms with Crippen molar-refractivity contribution in [3.63, 3.8) is 0 Å². The lowest BCUT2D eigenvalue weighted by atomic mass is 9.71.